The van der Waals surface area contributed by atoms with E-state index in [0.717, 1.165) is 11.7 Å². The average molecular weight is 285 g/mol. The number of hydrogen-bond acceptors (Lipinski definition) is 3. The molecule has 18 heavy (non-hydrogen) atoms. The first-order chi connectivity index (χ1) is 8.66. The van der Waals surface area contributed by atoms with E-state index in [-0.39, 0.29) is 5.11 Å². The number of thioether (sulfide) groups is 1. The highest BCUT2D eigenvalue weighted by atomic mass is 32.2. The fraction of sp³-hybridized carbons (Fsp3) is 0.846. The molecule has 0 aromatic rings. The van der Waals surface area contributed by atoms with Gasteiger partial charge in [0, 0.05) is 16.4 Å². The normalized spacial score (nSPS) is 34.1. The molecule has 0 bridgehead atoms. The van der Waals surface area contributed by atoms with Gasteiger partial charge in [0.25, 0.3) is 0 Å². The van der Waals surface area contributed by atoms with Crippen molar-refractivity contribution in [1.82, 2.24) is 5.43 Å². The maximum absolute atomic E-state index is 5.48. The van der Waals surface area contributed by atoms with Crippen LogP contribution in [0.5, 0.6) is 0 Å². The fourth-order valence-electron chi connectivity index (χ4n) is 3.41. The summed E-state index contributed by atoms with van der Waals surface area (Å²) in [7, 11) is 0. The molecule has 3 N–H and O–H groups in total. The Morgan fingerprint density at radius 3 is 3.11 bits per heavy atom. The van der Waals surface area contributed by atoms with Crippen LogP contribution in [-0.2, 0) is 0 Å². The van der Waals surface area contributed by atoms with E-state index >= 15 is 0 Å². The second-order valence-electron chi connectivity index (χ2n) is 5.34. The number of nitrogens with zero attached hydrogens (tertiary/aromatic N) is 1. The second kappa shape index (κ2) is 6.24. The van der Waals surface area contributed by atoms with Crippen molar-refractivity contribution >= 4 is 34.8 Å². The highest BCUT2D eigenvalue weighted by Gasteiger charge is 2.44. The van der Waals surface area contributed by atoms with Gasteiger partial charge in [-0.15, -0.1) is 0 Å². The van der Waals surface area contributed by atoms with Crippen molar-refractivity contribution in [2.24, 2.45) is 16.3 Å². The van der Waals surface area contributed by atoms with Crippen LogP contribution in [0.25, 0.3) is 0 Å². The minimum atomic E-state index is 0.278. The molecular weight excluding hydrogens is 262 g/mol. The Labute approximate surface area is 119 Å². The molecular formula is C13H23N3S2. The van der Waals surface area contributed by atoms with Gasteiger partial charge in [-0.25, -0.2) is 0 Å². The Balaban J connectivity index is 2.08. The number of nitrogens with one attached hydrogen (secondary N) is 1. The predicted octanol–water partition coefficient (Wildman–Crippen LogP) is 3.04. The Morgan fingerprint density at radius 1 is 1.56 bits per heavy atom. The molecule has 2 aliphatic rings. The Morgan fingerprint density at radius 2 is 2.39 bits per heavy atom. The maximum Gasteiger partial charge on any atom is 0.184 e. The molecule has 102 valence electrons. The van der Waals surface area contributed by atoms with E-state index in [1.54, 1.807) is 0 Å². The lowest BCUT2D eigenvalue weighted by Gasteiger charge is -2.35. The van der Waals surface area contributed by atoms with Gasteiger partial charge in [0.2, 0.25) is 0 Å². The molecule has 2 rings (SSSR count). The summed E-state index contributed by atoms with van der Waals surface area (Å²) >= 11 is 6.95. The third-order valence-electron chi connectivity index (χ3n) is 4.20. The van der Waals surface area contributed by atoms with Crippen molar-refractivity contribution in [3.8, 4) is 0 Å². The van der Waals surface area contributed by atoms with Crippen LogP contribution in [0.15, 0.2) is 5.10 Å². The first-order valence-electron chi connectivity index (χ1n) is 6.90. The lowest BCUT2D eigenvalue weighted by molar-refractivity contribution is 0.349. The zero-order chi connectivity index (χ0) is 13.0. The number of rotatable bonds is 3. The van der Waals surface area contributed by atoms with Crippen LogP contribution in [0.4, 0.5) is 0 Å². The summed E-state index contributed by atoms with van der Waals surface area (Å²) in [5.41, 5.74) is 9.95. The van der Waals surface area contributed by atoms with Gasteiger partial charge < -0.3 is 5.73 Å². The number of nitrogens with two attached hydrogens (primary N) is 1. The third-order valence-corrected chi connectivity index (χ3v) is 5.50. The van der Waals surface area contributed by atoms with Crippen LogP contribution < -0.4 is 11.2 Å². The third kappa shape index (κ3) is 3.18. The molecule has 0 aliphatic heterocycles. The molecule has 0 aromatic carbocycles. The van der Waals surface area contributed by atoms with Crippen LogP contribution in [-0.4, -0.2) is 21.8 Å². The van der Waals surface area contributed by atoms with E-state index < -0.39 is 0 Å². The zero-order valence-corrected chi connectivity index (χ0v) is 12.7. The monoisotopic (exact) mass is 285 g/mol. The summed E-state index contributed by atoms with van der Waals surface area (Å²) < 4.78 is 0. The minimum Gasteiger partial charge on any atom is -0.375 e. The van der Waals surface area contributed by atoms with Crippen molar-refractivity contribution in [2.75, 3.05) is 5.75 Å². The number of thiocarbonyl (C=S) groups is 1. The molecule has 1 spiro atoms. The fourth-order valence-corrected chi connectivity index (χ4v) is 4.65. The Kier molecular flexibility index (Phi) is 4.90. The van der Waals surface area contributed by atoms with E-state index in [0.29, 0.717) is 5.41 Å². The van der Waals surface area contributed by atoms with Crippen LogP contribution in [0, 0.1) is 5.41 Å². The van der Waals surface area contributed by atoms with Gasteiger partial charge in [-0.2, -0.15) is 16.9 Å². The molecule has 0 aromatic heterocycles. The van der Waals surface area contributed by atoms with Crippen molar-refractivity contribution in [1.29, 1.82) is 0 Å². The molecule has 0 radical (unpaired) electrons. The van der Waals surface area contributed by atoms with E-state index in [4.69, 9.17) is 18.0 Å². The van der Waals surface area contributed by atoms with Crippen molar-refractivity contribution < 1.29 is 0 Å². The molecule has 5 heteroatoms. The average Bonchev–Trinajstić information content (AvgIpc) is 2.73. The summed E-state index contributed by atoms with van der Waals surface area (Å²) in [6, 6.07) is 0. The van der Waals surface area contributed by atoms with Crippen LogP contribution in [0.2, 0.25) is 0 Å². The first-order valence-corrected chi connectivity index (χ1v) is 8.36. The molecule has 0 heterocycles. The van der Waals surface area contributed by atoms with Gasteiger partial charge in [-0.3, -0.25) is 5.43 Å². The largest absolute Gasteiger partial charge is 0.375 e. The number of hydrazone groups is 1. The summed E-state index contributed by atoms with van der Waals surface area (Å²) in [6.45, 7) is 2.25. The van der Waals surface area contributed by atoms with Gasteiger partial charge in [-0.1, -0.05) is 13.3 Å². The predicted molar refractivity (Wildman–Crippen MR) is 84.0 cm³/mol. The van der Waals surface area contributed by atoms with Gasteiger partial charge in [0.15, 0.2) is 5.11 Å². The smallest absolute Gasteiger partial charge is 0.184 e. The zero-order valence-electron chi connectivity index (χ0n) is 11.1. The molecule has 2 fully saturated rings. The highest BCUT2D eigenvalue weighted by Crippen LogP contribution is 2.50. The van der Waals surface area contributed by atoms with E-state index in [1.165, 1.54) is 50.0 Å². The van der Waals surface area contributed by atoms with Crippen LogP contribution in [0.1, 0.15) is 51.9 Å². The molecule has 0 amide bonds. The van der Waals surface area contributed by atoms with Gasteiger partial charge >= 0.3 is 0 Å². The SMILES string of the molecule is CCSC1CCC2(CCCC/C2=N\NC(N)=S)C1. The molecule has 3 nitrogen and oxygen atoms in total. The van der Waals surface area contributed by atoms with Gasteiger partial charge in [-0.05, 0) is 56.5 Å². The van der Waals surface area contributed by atoms with Crippen molar-refractivity contribution in [3.05, 3.63) is 0 Å². The first kappa shape index (κ1) is 14.1. The molecule has 0 saturated heterocycles. The van der Waals surface area contributed by atoms with Crippen molar-refractivity contribution in [2.45, 2.75) is 57.1 Å². The molecule has 2 atom stereocenters. The standard InChI is InChI=1S/C13H23N3S2/c1-2-18-10-6-8-13(9-10)7-4-3-5-11(13)15-16-12(14)17/h10H,2-9H2,1H3,(H3,14,16,17)/b15-11+. The number of hydrogen-bond donors (Lipinski definition) is 2. The molecule has 2 aliphatic carbocycles. The quantitative estimate of drug-likeness (QED) is 0.618. The van der Waals surface area contributed by atoms with E-state index in [9.17, 15) is 0 Å². The van der Waals surface area contributed by atoms with E-state index in [2.05, 4.69) is 29.2 Å². The topological polar surface area (TPSA) is 50.4 Å². The minimum absolute atomic E-state index is 0.278. The highest BCUT2D eigenvalue weighted by molar-refractivity contribution is 7.99. The Bertz CT molecular complexity index is 343. The van der Waals surface area contributed by atoms with Crippen molar-refractivity contribution in [3.63, 3.8) is 0 Å². The van der Waals surface area contributed by atoms with Crippen LogP contribution >= 0.6 is 24.0 Å². The maximum atomic E-state index is 5.48. The summed E-state index contributed by atoms with van der Waals surface area (Å²) in [5.74, 6) is 1.22. The lowest BCUT2D eigenvalue weighted by Crippen LogP contribution is -2.35. The van der Waals surface area contributed by atoms with Gasteiger partial charge in [0.05, 0.1) is 0 Å². The summed E-state index contributed by atoms with van der Waals surface area (Å²) in [4.78, 5) is 0. The molecule has 2 unspecified atom stereocenters. The van der Waals surface area contributed by atoms with Crippen LogP contribution in [0.3, 0.4) is 0 Å². The van der Waals surface area contributed by atoms with Gasteiger partial charge in [0.1, 0.15) is 0 Å². The molecule has 2 saturated carbocycles. The Hall–Kier alpha value is -0.290. The summed E-state index contributed by atoms with van der Waals surface area (Å²) in [6.07, 6.45) is 8.93. The lowest BCUT2D eigenvalue weighted by atomic mass is 9.71. The summed E-state index contributed by atoms with van der Waals surface area (Å²) in [5, 5.41) is 5.60. The van der Waals surface area contributed by atoms with E-state index in [1.807, 2.05) is 0 Å². The second-order valence-corrected chi connectivity index (χ2v) is 7.36.